The summed E-state index contributed by atoms with van der Waals surface area (Å²) in [5.74, 6) is 0.594. The Morgan fingerprint density at radius 2 is 1.68 bits per heavy atom. The molecule has 0 saturated carbocycles. The molecule has 0 aromatic heterocycles. The van der Waals surface area contributed by atoms with Gasteiger partial charge in [0.05, 0.1) is 13.7 Å². The zero-order chi connectivity index (χ0) is 17.5. The van der Waals surface area contributed by atoms with Crippen molar-refractivity contribution in [2.24, 2.45) is 0 Å². The lowest BCUT2D eigenvalue weighted by molar-refractivity contribution is -0.114. The molecule has 3 aromatic carbocycles. The zero-order valence-corrected chi connectivity index (χ0v) is 14.0. The molecule has 0 atom stereocenters. The lowest BCUT2D eigenvalue weighted by atomic mass is 10.0. The molecule has 2 N–H and O–H groups in total. The smallest absolute Gasteiger partial charge is 0.243 e. The highest BCUT2D eigenvalue weighted by Crippen LogP contribution is 2.27. The van der Waals surface area contributed by atoms with Crippen molar-refractivity contribution in [3.8, 4) is 16.9 Å². The second kappa shape index (κ2) is 8.02. The average Bonchev–Trinajstić information content (AvgIpc) is 2.67. The van der Waals surface area contributed by atoms with Gasteiger partial charge in [0.25, 0.3) is 0 Å². The Labute approximate surface area is 147 Å². The average molecular weight is 332 g/mol. The van der Waals surface area contributed by atoms with Crippen LogP contribution in [0.15, 0.2) is 78.9 Å². The molecule has 0 saturated heterocycles. The Morgan fingerprint density at radius 1 is 0.920 bits per heavy atom. The second-order valence-corrected chi connectivity index (χ2v) is 5.55. The van der Waals surface area contributed by atoms with E-state index in [-0.39, 0.29) is 12.5 Å². The van der Waals surface area contributed by atoms with E-state index in [1.165, 1.54) is 0 Å². The molecular weight excluding hydrogens is 312 g/mol. The molecule has 25 heavy (non-hydrogen) atoms. The van der Waals surface area contributed by atoms with Gasteiger partial charge in [-0.15, -0.1) is 0 Å². The number of rotatable bonds is 6. The first kappa shape index (κ1) is 16.6. The first-order valence-electron chi connectivity index (χ1n) is 8.08. The molecule has 0 aliphatic heterocycles. The van der Waals surface area contributed by atoms with Crippen molar-refractivity contribution < 1.29 is 9.53 Å². The van der Waals surface area contributed by atoms with Gasteiger partial charge in [0.2, 0.25) is 5.91 Å². The summed E-state index contributed by atoms with van der Waals surface area (Å²) in [6.45, 7) is 0.182. The van der Waals surface area contributed by atoms with Crippen molar-refractivity contribution in [2.45, 2.75) is 0 Å². The molecule has 0 bridgehead atoms. The third-order valence-corrected chi connectivity index (χ3v) is 3.80. The van der Waals surface area contributed by atoms with Crippen LogP contribution in [0.4, 0.5) is 11.4 Å². The monoisotopic (exact) mass is 332 g/mol. The van der Waals surface area contributed by atoms with Gasteiger partial charge in [-0.05, 0) is 23.8 Å². The SMILES string of the molecule is COc1cccc(NC(=O)CNc2ccccc2-c2ccccc2)c1. The fourth-order valence-electron chi connectivity index (χ4n) is 2.59. The molecule has 0 fully saturated rings. The van der Waals surface area contributed by atoms with Gasteiger partial charge in [0.15, 0.2) is 0 Å². The van der Waals surface area contributed by atoms with Crippen molar-refractivity contribution in [3.63, 3.8) is 0 Å². The summed E-state index contributed by atoms with van der Waals surface area (Å²) in [4.78, 5) is 12.2. The normalized spacial score (nSPS) is 10.1. The summed E-state index contributed by atoms with van der Waals surface area (Å²) in [7, 11) is 1.60. The largest absolute Gasteiger partial charge is 0.497 e. The van der Waals surface area contributed by atoms with Crippen LogP contribution in [-0.2, 0) is 4.79 Å². The number of para-hydroxylation sites is 1. The Bertz CT molecular complexity index is 847. The van der Waals surface area contributed by atoms with Crippen molar-refractivity contribution in [2.75, 3.05) is 24.3 Å². The molecule has 4 nitrogen and oxygen atoms in total. The van der Waals surface area contributed by atoms with E-state index in [4.69, 9.17) is 4.74 Å². The van der Waals surface area contributed by atoms with E-state index in [1.54, 1.807) is 13.2 Å². The van der Waals surface area contributed by atoms with Crippen LogP contribution in [0.3, 0.4) is 0 Å². The molecule has 0 aliphatic rings. The summed E-state index contributed by atoms with van der Waals surface area (Å²) >= 11 is 0. The maximum Gasteiger partial charge on any atom is 0.243 e. The minimum Gasteiger partial charge on any atom is -0.497 e. The van der Waals surface area contributed by atoms with Crippen LogP contribution in [0.5, 0.6) is 5.75 Å². The van der Waals surface area contributed by atoms with Crippen LogP contribution in [0.25, 0.3) is 11.1 Å². The molecule has 4 heteroatoms. The van der Waals surface area contributed by atoms with Gasteiger partial charge in [0.1, 0.15) is 5.75 Å². The Balaban J connectivity index is 1.66. The highest BCUT2D eigenvalue weighted by atomic mass is 16.5. The minimum atomic E-state index is -0.115. The van der Waals surface area contributed by atoms with Crippen molar-refractivity contribution >= 4 is 17.3 Å². The predicted octanol–water partition coefficient (Wildman–Crippen LogP) is 4.41. The number of methoxy groups -OCH3 is 1. The van der Waals surface area contributed by atoms with Crippen LogP contribution in [0.1, 0.15) is 0 Å². The predicted molar refractivity (Wildman–Crippen MR) is 102 cm³/mol. The van der Waals surface area contributed by atoms with Crippen molar-refractivity contribution in [1.29, 1.82) is 0 Å². The fourth-order valence-corrected chi connectivity index (χ4v) is 2.59. The van der Waals surface area contributed by atoms with Gasteiger partial charge in [-0.1, -0.05) is 54.6 Å². The molecule has 0 unspecified atom stereocenters. The Morgan fingerprint density at radius 3 is 2.48 bits per heavy atom. The maximum absolute atomic E-state index is 12.2. The molecule has 126 valence electrons. The Hall–Kier alpha value is -3.27. The van der Waals surface area contributed by atoms with Crippen LogP contribution in [0, 0.1) is 0 Å². The highest BCUT2D eigenvalue weighted by Gasteiger charge is 2.07. The van der Waals surface area contributed by atoms with E-state index >= 15 is 0 Å². The maximum atomic E-state index is 12.2. The molecule has 0 radical (unpaired) electrons. The van der Waals surface area contributed by atoms with Gasteiger partial charge in [-0.2, -0.15) is 0 Å². The first-order chi connectivity index (χ1) is 12.3. The fraction of sp³-hybridized carbons (Fsp3) is 0.0952. The summed E-state index contributed by atoms with van der Waals surface area (Å²) in [5, 5.41) is 6.08. The number of amides is 1. The van der Waals surface area contributed by atoms with E-state index in [1.807, 2.05) is 60.7 Å². The molecule has 0 aliphatic carbocycles. The van der Waals surface area contributed by atoms with E-state index in [2.05, 4.69) is 22.8 Å². The van der Waals surface area contributed by atoms with Crippen molar-refractivity contribution in [1.82, 2.24) is 0 Å². The van der Waals surface area contributed by atoms with Gasteiger partial charge >= 0.3 is 0 Å². The lowest BCUT2D eigenvalue weighted by Gasteiger charge is -2.12. The van der Waals surface area contributed by atoms with Gasteiger partial charge in [-0.25, -0.2) is 0 Å². The van der Waals surface area contributed by atoms with Crippen LogP contribution in [-0.4, -0.2) is 19.6 Å². The zero-order valence-electron chi connectivity index (χ0n) is 14.0. The summed E-state index contributed by atoms with van der Waals surface area (Å²) < 4.78 is 5.16. The number of carbonyl (C=O) groups is 1. The molecule has 1 amide bonds. The second-order valence-electron chi connectivity index (χ2n) is 5.55. The van der Waals surface area contributed by atoms with E-state index < -0.39 is 0 Å². The molecule has 3 aromatic rings. The minimum absolute atomic E-state index is 0.115. The number of nitrogens with one attached hydrogen (secondary N) is 2. The van der Waals surface area contributed by atoms with Crippen LogP contribution in [0.2, 0.25) is 0 Å². The topological polar surface area (TPSA) is 50.4 Å². The van der Waals surface area contributed by atoms with E-state index in [0.29, 0.717) is 11.4 Å². The number of benzene rings is 3. The third-order valence-electron chi connectivity index (χ3n) is 3.80. The van der Waals surface area contributed by atoms with Gasteiger partial charge in [0, 0.05) is 23.0 Å². The lowest BCUT2D eigenvalue weighted by Crippen LogP contribution is -2.22. The first-order valence-corrected chi connectivity index (χ1v) is 8.08. The third kappa shape index (κ3) is 4.38. The van der Waals surface area contributed by atoms with Gasteiger partial charge < -0.3 is 15.4 Å². The molecule has 0 spiro atoms. The van der Waals surface area contributed by atoms with Gasteiger partial charge in [-0.3, -0.25) is 4.79 Å². The summed E-state index contributed by atoms with van der Waals surface area (Å²) in [6, 6.07) is 25.3. The van der Waals surface area contributed by atoms with E-state index in [9.17, 15) is 4.79 Å². The van der Waals surface area contributed by atoms with Crippen LogP contribution < -0.4 is 15.4 Å². The number of carbonyl (C=O) groups excluding carboxylic acids is 1. The summed E-state index contributed by atoms with van der Waals surface area (Å²) in [5.41, 5.74) is 3.81. The number of hydrogen-bond donors (Lipinski definition) is 2. The quantitative estimate of drug-likeness (QED) is 0.703. The number of ether oxygens (including phenoxy) is 1. The van der Waals surface area contributed by atoms with Crippen LogP contribution >= 0.6 is 0 Å². The molecule has 0 heterocycles. The number of anilines is 2. The highest BCUT2D eigenvalue weighted by molar-refractivity contribution is 5.94. The Kier molecular flexibility index (Phi) is 5.32. The van der Waals surface area contributed by atoms with E-state index in [0.717, 1.165) is 16.8 Å². The van der Waals surface area contributed by atoms with Crippen molar-refractivity contribution in [3.05, 3.63) is 78.9 Å². The standard InChI is InChI=1S/C21H20N2O2/c1-25-18-11-7-10-17(14-18)23-21(24)15-22-20-13-6-5-12-19(20)16-8-3-2-4-9-16/h2-14,22H,15H2,1H3,(H,23,24). The summed E-state index contributed by atoms with van der Waals surface area (Å²) in [6.07, 6.45) is 0. The molecular formula is C21H20N2O2. The number of hydrogen-bond acceptors (Lipinski definition) is 3. The molecule has 3 rings (SSSR count).